The van der Waals surface area contributed by atoms with Crippen LogP contribution in [0.4, 0.5) is 0 Å². The van der Waals surface area contributed by atoms with Crippen LogP contribution in [0.1, 0.15) is 22.9 Å². The van der Waals surface area contributed by atoms with Crippen molar-refractivity contribution in [2.75, 3.05) is 6.54 Å². The van der Waals surface area contributed by atoms with Gasteiger partial charge in [-0.2, -0.15) is 0 Å². The van der Waals surface area contributed by atoms with Crippen LogP contribution in [0.2, 0.25) is 0 Å². The van der Waals surface area contributed by atoms with Crippen LogP contribution in [0.5, 0.6) is 0 Å². The van der Waals surface area contributed by atoms with Gasteiger partial charge in [0, 0.05) is 17.2 Å². The van der Waals surface area contributed by atoms with Crippen LogP contribution in [-0.2, 0) is 17.0 Å². The summed E-state index contributed by atoms with van der Waals surface area (Å²) in [4.78, 5) is 13.4. The van der Waals surface area contributed by atoms with Crippen molar-refractivity contribution >= 4 is 29.0 Å². The van der Waals surface area contributed by atoms with Crippen LogP contribution < -0.4 is 5.32 Å². The Morgan fingerprint density at radius 2 is 2.10 bits per heavy atom. The highest BCUT2D eigenvalue weighted by Crippen LogP contribution is 2.20. The second-order valence-corrected chi connectivity index (χ2v) is 7.36. The zero-order valence-corrected chi connectivity index (χ0v) is 14.1. The summed E-state index contributed by atoms with van der Waals surface area (Å²) in [5.74, 6) is 1.01. The molecule has 1 amide bonds. The van der Waals surface area contributed by atoms with Crippen LogP contribution in [-0.4, -0.2) is 17.7 Å². The monoisotopic (exact) mass is 319 g/mol. The summed E-state index contributed by atoms with van der Waals surface area (Å²) in [7, 11) is 0. The first-order valence-corrected chi connectivity index (χ1v) is 9.06. The highest BCUT2D eigenvalue weighted by atomic mass is 32.2. The predicted molar refractivity (Wildman–Crippen MR) is 93.0 cm³/mol. The maximum absolute atomic E-state index is 12.0. The fourth-order valence-corrected chi connectivity index (χ4v) is 3.67. The maximum atomic E-state index is 12.0. The first-order valence-electron chi connectivity index (χ1n) is 7.13. The lowest BCUT2D eigenvalue weighted by Gasteiger charge is -2.12. The minimum atomic E-state index is -0.0204. The van der Waals surface area contributed by atoms with E-state index in [1.165, 1.54) is 16.0 Å². The Morgan fingerprint density at radius 1 is 1.29 bits per heavy atom. The van der Waals surface area contributed by atoms with E-state index >= 15 is 0 Å². The molecule has 1 aromatic carbocycles. The minimum Gasteiger partial charge on any atom is -0.355 e. The highest BCUT2D eigenvalue weighted by Gasteiger charge is 2.13. The van der Waals surface area contributed by atoms with Crippen molar-refractivity contribution in [1.82, 2.24) is 5.32 Å². The molecule has 0 radical (unpaired) electrons. The number of amides is 1. The van der Waals surface area contributed by atoms with Crippen LogP contribution in [0.25, 0.3) is 0 Å². The SMILES string of the molecule is Cc1ccccc1CSC(C)C(=O)NCCc1cccs1. The van der Waals surface area contributed by atoms with Gasteiger partial charge in [-0.1, -0.05) is 30.3 Å². The van der Waals surface area contributed by atoms with Crippen molar-refractivity contribution in [3.8, 4) is 0 Å². The molecule has 21 heavy (non-hydrogen) atoms. The number of hydrogen-bond donors (Lipinski definition) is 1. The summed E-state index contributed by atoms with van der Waals surface area (Å²) in [6.07, 6.45) is 0.915. The Kier molecular flexibility index (Phi) is 6.33. The number of thioether (sulfide) groups is 1. The lowest BCUT2D eigenvalue weighted by atomic mass is 10.1. The van der Waals surface area contributed by atoms with Gasteiger partial charge in [0.15, 0.2) is 0 Å². The first kappa shape index (κ1) is 16.1. The van der Waals surface area contributed by atoms with Gasteiger partial charge in [-0.3, -0.25) is 4.79 Å². The van der Waals surface area contributed by atoms with Crippen LogP contribution in [0, 0.1) is 6.92 Å². The molecule has 0 fully saturated rings. The molecule has 4 heteroatoms. The molecular formula is C17H21NOS2. The lowest BCUT2D eigenvalue weighted by Crippen LogP contribution is -2.32. The topological polar surface area (TPSA) is 29.1 Å². The van der Waals surface area contributed by atoms with Gasteiger partial charge >= 0.3 is 0 Å². The van der Waals surface area contributed by atoms with E-state index in [0.717, 1.165) is 12.2 Å². The van der Waals surface area contributed by atoms with Gasteiger partial charge in [-0.05, 0) is 42.8 Å². The van der Waals surface area contributed by atoms with E-state index in [0.29, 0.717) is 6.54 Å². The maximum Gasteiger partial charge on any atom is 0.232 e. The van der Waals surface area contributed by atoms with Crippen molar-refractivity contribution in [2.45, 2.75) is 31.3 Å². The van der Waals surface area contributed by atoms with E-state index < -0.39 is 0 Å². The largest absolute Gasteiger partial charge is 0.355 e. The quantitative estimate of drug-likeness (QED) is 0.834. The van der Waals surface area contributed by atoms with E-state index in [-0.39, 0.29) is 11.2 Å². The van der Waals surface area contributed by atoms with Gasteiger partial charge in [0.25, 0.3) is 0 Å². The zero-order chi connectivity index (χ0) is 15.1. The number of hydrogen-bond acceptors (Lipinski definition) is 3. The Bertz CT molecular complexity index is 566. The van der Waals surface area contributed by atoms with Crippen LogP contribution >= 0.6 is 23.1 Å². The number of carbonyl (C=O) groups excluding carboxylic acids is 1. The molecule has 1 unspecified atom stereocenters. The second kappa shape index (κ2) is 8.25. The lowest BCUT2D eigenvalue weighted by molar-refractivity contribution is -0.120. The summed E-state index contributed by atoms with van der Waals surface area (Å²) in [6.45, 7) is 4.81. The summed E-state index contributed by atoms with van der Waals surface area (Å²) < 4.78 is 0. The van der Waals surface area contributed by atoms with Crippen LogP contribution in [0.3, 0.4) is 0 Å². The van der Waals surface area contributed by atoms with Gasteiger partial charge < -0.3 is 5.32 Å². The third kappa shape index (κ3) is 5.21. The molecule has 1 aromatic heterocycles. The molecule has 2 rings (SSSR count). The summed E-state index contributed by atoms with van der Waals surface area (Å²) in [5, 5.41) is 5.07. The number of rotatable bonds is 7. The van der Waals surface area contributed by atoms with E-state index in [1.54, 1.807) is 23.1 Å². The van der Waals surface area contributed by atoms with E-state index in [1.807, 2.05) is 19.1 Å². The molecule has 1 heterocycles. The van der Waals surface area contributed by atoms with Crippen molar-refractivity contribution in [2.24, 2.45) is 0 Å². The second-order valence-electron chi connectivity index (χ2n) is 5.00. The first-order chi connectivity index (χ1) is 10.2. The summed E-state index contributed by atoms with van der Waals surface area (Å²) in [6, 6.07) is 12.5. The minimum absolute atomic E-state index is 0.0204. The molecule has 0 saturated carbocycles. The Labute approximate surface area is 135 Å². The third-order valence-corrected chi connectivity index (χ3v) is 5.50. The molecule has 1 N–H and O–H groups in total. The van der Waals surface area contributed by atoms with E-state index in [9.17, 15) is 4.79 Å². The Balaban J connectivity index is 1.71. The number of nitrogens with one attached hydrogen (secondary N) is 1. The fraction of sp³-hybridized carbons (Fsp3) is 0.353. The molecule has 2 aromatic rings. The number of aryl methyl sites for hydroxylation is 1. The predicted octanol–water partition coefficient (Wildman–Crippen LogP) is 4.04. The summed E-state index contributed by atoms with van der Waals surface area (Å²) in [5.41, 5.74) is 2.59. The molecule has 0 saturated heterocycles. The normalized spacial score (nSPS) is 12.1. The third-order valence-electron chi connectivity index (χ3n) is 3.37. The van der Waals surface area contributed by atoms with Gasteiger partial charge in [0.1, 0.15) is 0 Å². The number of thiophene rings is 1. The standard InChI is InChI=1S/C17H21NOS2/c1-13-6-3-4-7-15(13)12-21-14(2)17(19)18-10-9-16-8-5-11-20-16/h3-8,11,14H,9-10,12H2,1-2H3,(H,18,19). The number of carbonyl (C=O) groups is 1. The average Bonchev–Trinajstić information content (AvgIpc) is 2.99. The molecule has 112 valence electrons. The molecule has 0 spiro atoms. The molecular weight excluding hydrogens is 298 g/mol. The van der Waals surface area contributed by atoms with Gasteiger partial charge in [0.05, 0.1) is 5.25 Å². The number of benzene rings is 1. The molecule has 0 bridgehead atoms. The van der Waals surface area contributed by atoms with Gasteiger partial charge in [0.2, 0.25) is 5.91 Å². The molecule has 2 nitrogen and oxygen atoms in total. The smallest absolute Gasteiger partial charge is 0.232 e. The van der Waals surface area contributed by atoms with Crippen molar-refractivity contribution in [1.29, 1.82) is 0 Å². The Morgan fingerprint density at radius 3 is 2.81 bits per heavy atom. The highest BCUT2D eigenvalue weighted by molar-refractivity contribution is 7.99. The molecule has 0 aliphatic rings. The van der Waals surface area contributed by atoms with Gasteiger partial charge in [-0.25, -0.2) is 0 Å². The van der Waals surface area contributed by atoms with Crippen molar-refractivity contribution in [3.63, 3.8) is 0 Å². The fourth-order valence-electron chi connectivity index (χ4n) is 1.97. The van der Waals surface area contributed by atoms with E-state index in [2.05, 4.69) is 41.9 Å². The molecule has 1 atom stereocenters. The molecule has 0 aliphatic carbocycles. The Hall–Kier alpha value is -1.26. The van der Waals surface area contributed by atoms with Gasteiger partial charge in [-0.15, -0.1) is 23.1 Å². The zero-order valence-electron chi connectivity index (χ0n) is 12.5. The average molecular weight is 319 g/mol. The van der Waals surface area contributed by atoms with Crippen LogP contribution in [0.15, 0.2) is 41.8 Å². The van der Waals surface area contributed by atoms with Crippen molar-refractivity contribution in [3.05, 3.63) is 57.8 Å². The molecule has 0 aliphatic heterocycles. The van der Waals surface area contributed by atoms with Crippen molar-refractivity contribution < 1.29 is 4.79 Å². The summed E-state index contributed by atoms with van der Waals surface area (Å²) >= 11 is 3.43. The van der Waals surface area contributed by atoms with E-state index in [4.69, 9.17) is 0 Å².